The maximum Gasteiger partial charge on any atom is 0.0525 e. The van der Waals surface area contributed by atoms with Crippen LogP contribution >= 0.6 is 0 Å². The lowest BCUT2D eigenvalue weighted by Crippen LogP contribution is -2.28. The highest BCUT2D eigenvalue weighted by Gasteiger charge is 2.29. The molecule has 70 valence electrons. The third-order valence-electron chi connectivity index (χ3n) is 3.11. The van der Waals surface area contributed by atoms with Crippen LogP contribution < -0.4 is 5.73 Å². The van der Waals surface area contributed by atoms with Crippen molar-refractivity contribution in [3.63, 3.8) is 0 Å². The highest BCUT2D eigenvalue weighted by molar-refractivity contribution is 5.23. The average Bonchev–Trinajstić information content (AvgIpc) is 2.87. The van der Waals surface area contributed by atoms with Crippen molar-refractivity contribution in [1.82, 2.24) is 9.78 Å². The second-order valence-electron chi connectivity index (χ2n) is 4.30. The van der Waals surface area contributed by atoms with E-state index < -0.39 is 0 Å². The molecule has 1 heterocycles. The fourth-order valence-corrected chi connectivity index (χ4v) is 2.21. The Morgan fingerprint density at radius 1 is 1.38 bits per heavy atom. The Hall–Kier alpha value is -0.830. The van der Waals surface area contributed by atoms with Gasteiger partial charge in [-0.15, -0.1) is 0 Å². The van der Waals surface area contributed by atoms with Crippen LogP contribution in [0.4, 0.5) is 0 Å². The molecule has 1 fully saturated rings. The second-order valence-corrected chi connectivity index (χ2v) is 4.30. The molecule has 2 N–H and O–H groups in total. The van der Waals surface area contributed by atoms with E-state index in [1.807, 2.05) is 6.20 Å². The van der Waals surface area contributed by atoms with Gasteiger partial charge >= 0.3 is 0 Å². The maximum absolute atomic E-state index is 5.91. The quantitative estimate of drug-likeness (QED) is 0.696. The average molecular weight is 177 g/mol. The van der Waals surface area contributed by atoms with Crippen molar-refractivity contribution in [3.05, 3.63) is 17.5 Å². The van der Waals surface area contributed by atoms with Crippen molar-refractivity contribution >= 4 is 0 Å². The smallest absolute Gasteiger partial charge is 0.0525 e. The third-order valence-corrected chi connectivity index (χ3v) is 3.11. The zero-order chi connectivity index (χ0) is 8.84. The molecule has 2 aliphatic rings. The number of rotatable bonds is 1. The van der Waals surface area contributed by atoms with Crippen molar-refractivity contribution in [2.75, 3.05) is 0 Å². The summed E-state index contributed by atoms with van der Waals surface area (Å²) in [6.07, 6.45) is 7.95. The van der Waals surface area contributed by atoms with Crippen molar-refractivity contribution in [3.8, 4) is 0 Å². The number of hydrogen-bond acceptors (Lipinski definition) is 2. The lowest BCUT2D eigenvalue weighted by Gasteiger charge is -2.19. The molecular formula is C10H15N3. The Morgan fingerprint density at radius 3 is 3.00 bits per heavy atom. The Kier molecular flexibility index (Phi) is 1.50. The van der Waals surface area contributed by atoms with Gasteiger partial charge in [-0.1, -0.05) is 0 Å². The molecule has 13 heavy (non-hydrogen) atoms. The third kappa shape index (κ3) is 1.18. The summed E-state index contributed by atoms with van der Waals surface area (Å²) in [5.41, 5.74) is 8.77. The van der Waals surface area contributed by atoms with Gasteiger partial charge in [0.25, 0.3) is 0 Å². The normalized spacial score (nSPS) is 27.3. The van der Waals surface area contributed by atoms with Crippen LogP contribution in [0.15, 0.2) is 6.20 Å². The molecule has 3 rings (SSSR count). The van der Waals surface area contributed by atoms with E-state index >= 15 is 0 Å². The Bertz CT molecular complexity index is 325. The fourth-order valence-electron chi connectivity index (χ4n) is 2.21. The molecule has 1 aromatic rings. The molecule has 1 unspecified atom stereocenters. The summed E-state index contributed by atoms with van der Waals surface area (Å²) >= 11 is 0. The van der Waals surface area contributed by atoms with E-state index in [0.717, 1.165) is 25.3 Å². The van der Waals surface area contributed by atoms with E-state index in [4.69, 9.17) is 5.73 Å². The SMILES string of the molecule is NC1CCc2c(cnn2C2CC2)C1. The Morgan fingerprint density at radius 2 is 2.23 bits per heavy atom. The first-order chi connectivity index (χ1) is 6.34. The van der Waals surface area contributed by atoms with Gasteiger partial charge in [0.1, 0.15) is 0 Å². The van der Waals surface area contributed by atoms with E-state index in [9.17, 15) is 0 Å². The minimum Gasteiger partial charge on any atom is -0.327 e. The van der Waals surface area contributed by atoms with Gasteiger partial charge in [0.15, 0.2) is 0 Å². The molecule has 0 amide bonds. The Balaban J connectivity index is 1.97. The van der Waals surface area contributed by atoms with Gasteiger partial charge in [0.2, 0.25) is 0 Å². The van der Waals surface area contributed by atoms with Gasteiger partial charge in [-0.25, -0.2) is 0 Å². The van der Waals surface area contributed by atoms with Crippen molar-refractivity contribution < 1.29 is 0 Å². The zero-order valence-corrected chi connectivity index (χ0v) is 7.74. The molecule has 1 aromatic heterocycles. The van der Waals surface area contributed by atoms with Crippen molar-refractivity contribution in [1.29, 1.82) is 0 Å². The number of aromatic nitrogens is 2. The van der Waals surface area contributed by atoms with Crippen LogP contribution in [0, 0.1) is 0 Å². The predicted octanol–water partition coefficient (Wildman–Crippen LogP) is 1.03. The minimum atomic E-state index is 0.365. The van der Waals surface area contributed by atoms with Crippen LogP contribution in [0.25, 0.3) is 0 Å². The van der Waals surface area contributed by atoms with Crippen molar-refractivity contribution in [2.24, 2.45) is 5.73 Å². The molecule has 0 saturated heterocycles. The standard InChI is InChI=1S/C10H15N3/c11-8-1-4-10-7(5-8)6-12-13(10)9-2-3-9/h6,8-9H,1-5,11H2. The summed E-state index contributed by atoms with van der Waals surface area (Å²) < 4.78 is 2.24. The van der Waals surface area contributed by atoms with Gasteiger partial charge in [-0.05, 0) is 37.7 Å². The molecule has 3 heteroatoms. The maximum atomic E-state index is 5.91. The minimum absolute atomic E-state index is 0.365. The molecule has 1 atom stereocenters. The summed E-state index contributed by atoms with van der Waals surface area (Å²) in [4.78, 5) is 0. The fraction of sp³-hybridized carbons (Fsp3) is 0.700. The molecule has 3 nitrogen and oxygen atoms in total. The molecule has 0 radical (unpaired) electrons. The van der Waals surface area contributed by atoms with Crippen molar-refractivity contribution in [2.45, 2.75) is 44.2 Å². The van der Waals surface area contributed by atoms with E-state index in [1.165, 1.54) is 24.1 Å². The molecular weight excluding hydrogens is 162 g/mol. The predicted molar refractivity (Wildman–Crippen MR) is 50.5 cm³/mol. The monoisotopic (exact) mass is 177 g/mol. The van der Waals surface area contributed by atoms with Crippen LogP contribution in [0.1, 0.15) is 36.6 Å². The Labute approximate surface area is 77.9 Å². The molecule has 0 spiro atoms. The summed E-state index contributed by atoms with van der Waals surface area (Å²) in [6, 6.07) is 1.09. The summed E-state index contributed by atoms with van der Waals surface area (Å²) in [5, 5.41) is 4.46. The van der Waals surface area contributed by atoms with E-state index in [-0.39, 0.29) is 0 Å². The highest BCUT2D eigenvalue weighted by Crippen LogP contribution is 2.37. The molecule has 0 aliphatic heterocycles. The number of hydrogen-bond donors (Lipinski definition) is 1. The van der Waals surface area contributed by atoms with E-state index in [1.54, 1.807) is 0 Å². The van der Waals surface area contributed by atoms with Gasteiger partial charge in [-0.2, -0.15) is 5.10 Å². The largest absolute Gasteiger partial charge is 0.327 e. The number of nitrogens with two attached hydrogens (primary N) is 1. The first kappa shape index (κ1) is 7.56. The number of fused-ring (bicyclic) bond motifs is 1. The van der Waals surface area contributed by atoms with E-state index in [2.05, 4.69) is 9.78 Å². The van der Waals surface area contributed by atoms with Gasteiger partial charge in [0, 0.05) is 11.7 Å². The summed E-state index contributed by atoms with van der Waals surface area (Å²) in [7, 11) is 0. The molecule has 0 aromatic carbocycles. The van der Waals surface area contributed by atoms with Crippen LogP contribution in [0.3, 0.4) is 0 Å². The van der Waals surface area contributed by atoms with Crippen LogP contribution in [-0.2, 0) is 12.8 Å². The topological polar surface area (TPSA) is 43.8 Å². The lowest BCUT2D eigenvalue weighted by molar-refractivity contribution is 0.529. The summed E-state index contributed by atoms with van der Waals surface area (Å²) in [6.45, 7) is 0. The van der Waals surface area contributed by atoms with Crippen LogP contribution in [-0.4, -0.2) is 15.8 Å². The van der Waals surface area contributed by atoms with Crippen LogP contribution in [0.2, 0.25) is 0 Å². The molecule has 2 aliphatic carbocycles. The molecule has 1 saturated carbocycles. The second kappa shape index (κ2) is 2.58. The number of nitrogens with zero attached hydrogens (tertiary/aromatic N) is 2. The van der Waals surface area contributed by atoms with E-state index in [0.29, 0.717) is 6.04 Å². The van der Waals surface area contributed by atoms with Gasteiger partial charge in [-0.3, -0.25) is 4.68 Å². The van der Waals surface area contributed by atoms with Gasteiger partial charge < -0.3 is 5.73 Å². The first-order valence-corrected chi connectivity index (χ1v) is 5.15. The first-order valence-electron chi connectivity index (χ1n) is 5.15. The lowest BCUT2D eigenvalue weighted by atomic mass is 9.94. The highest BCUT2D eigenvalue weighted by atomic mass is 15.3. The van der Waals surface area contributed by atoms with Crippen LogP contribution in [0.5, 0.6) is 0 Å². The summed E-state index contributed by atoms with van der Waals surface area (Å²) in [5.74, 6) is 0. The zero-order valence-electron chi connectivity index (χ0n) is 7.74. The van der Waals surface area contributed by atoms with Gasteiger partial charge in [0.05, 0.1) is 12.2 Å². The molecule has 0 bridgehead atoms.